The van der Waals surface area contributed by atoms with Gasteiger partial charge in [0.1, 0.15) is 0 Å². The van der Waals surface area contributed by atoms with Crippen LogP contribution in [0.4, 0.5) is 0 Å². The van der Waals surface area contributed by atoms with Crippen LogP contribution < -0.4 is 5.32 Å². The van der Waals surface area contributed by atoms with Crippen molar-refractivity contribution in [1.82, 2.24) is 5.32 Å². The summed E-state index contributed by atoms with van der Waals surface area (Å²) in [6, 6.07) is 6.37. The zero-order valence-corrected chi connectivity index (χ0v) is 10.0. The number of Topliss-reactive ketones (excluding diaryl/α,β-unsaturated/α-hetero) is 1. The predicted octanol–water partition coefficient (Wildman–Crippen LogP) is 2.63. The predicted molar refractivity (Wildman–Crippen MR) is 65.9 cm³/mol. The first-order chi connectivity index (χ1) is 7.68. The molecule has 2 nitrogen and oxygen atoms in total. The molecule has 1 N–H and O–H groups in total. The van der Waals surface area contributed by atoms with Gasteiger partial charge in [0.2, 0.25) is 0 Å². The van der Waals surface area contributed by atoms with E-state index in [0.29, 0.717) is 12.5 Å². The van der Waals surface area contributed by atoms with E-state index in [4.69, 9.17) is 0 Å². The van der Waals surface area contributed by atoms with E-state index in [0.717, 1.165) is 24.1 Å². The SMILES string of the molecule is Cc1cccc(C(=O)CC2CCCN2)c1C. The first-order valence-electron chi connectivity index (χ1n) is 6.01. The Labute approximate surface area is 97.1 Å². The fourth-order valence-electron chi connectivity index (χ4n) is 2.32. The molecule has 0 radical (unpaired) electrons. The van der Waals surface area contributed by atoms with E-state index in [2.05, 4.69) is 18.3 Å². The van der Waals surface area contributed by atoms with Crippen LogP contribution in [-0.4, -0.2) is 18.4 Å². The van der Waals surface area contributed by atoms with Crippen molar-refractivity contribution in [2.75, 3.05) is 6.54 Å². The summed E-state index contributed by atoms with van der Waals surface area (Å²) in [6.45, 7) is 5.15. The Balaban J connectivity index is 2.11. The van der Waals surface area contributed by atoms with Crippen LogP contribution in [0.5, 0.6) is 0 Å². The zero-order valence-electron chi connectivity index (χ0n) is 10.0. The lowest BCUT2D eigenvalue weighted by atomic mass is 9.96. The summed E-state index contributed by atoms with van der Waals surface area (Å²) in [6.07, 6.45) is 2.98. The normalized spacial score (nSPS) is 20.0. The number of aryl methyl sites for hydroxylation is 1. The van der Waals surface area contributed by atoms with Crippen molar-refractivity contribution in [3.05, 3.63) is 34.9 Å². The summed E-state index contributed by atoms with van der Waals surface area (Å²) in [5.41, 5.74) is 3.23. The van der Waals surface area contributed by atoms with Crippen LogP contribution in [0.3, 0.4) is 0 Å². The lowest BCUT2D eigenvalue weighted by molar-refractivity contribution is 0.0971. The maximum absolute atomic E-state index is 12.1. The molecule has 1 heterocycles. The second-order valence-electron chi connectivity index (χ2n) is 4.67. The van der Waals surface area contributed by atoms with Crippen LogP contribution >= 0.6 is 0 Å². The minimum absolute atomic E-state index is 0.278. The smallest absolute Gasteiger partial charge is 0.164 e. The van der Waals surface area contributed by atoms with Crippen LogP contribution in [0, 0.1) is 13.8 Å². The minimum Gasteiger partial charge on any atom is -0.314 e. The van der Waals surface area contributed by atoms with E-state index in [1.165, 1.54) is 12.0 Å². The van der Waals surface area contributed by atoms with Crippen LogP contribution in [0.2, 0.25) is 0 Å². The average Bonchev–Trinajstić information content (AvgIpc) is 2.74. The Kier molecular flexibility index (Phi) is 3.39. The quantitative estimate of drug-likeness (QED) is 0.789. The van der Waals surface area contributed by atoms with Gasteiger partial charge in [0.05, 0.1) is 0 Å². The van der Waals surface area contributed by atoms with Crippen molar-refractivity contribution >= 4 is 5.78 Å². The number of benzene rings is 1. The topological polar surface area (TPSA) is 29.1 Å². The molecule has 1 aromatic rings. The zero-order chi connectivity index (χ0) is 11.5. The van der Waals surface area contributed by atoms with Crippen molar-refractivity contribution in [3.63, 3.8) is 0 Å². The molecule has 0 aromatic heterocycles. The molecule has 86 valence electrons. The highest BCUT2D eigenvalue weighted by molar-refractivity contribution is 5.98. The summed E-state index contributed by atoms with van der Waals surface area (Å²) < 4.78 is 0. The van der Waals surface area contributed by atoms with Crippen LogP contribution in [0.25, 0.3) is 0 Å². The van der Waals surface area contributed by atoms with Gasteiger partial charge in [0, 0.05) is 18.0 Å². The van der Waals surface area contributed by atoms with Gasteiger partial charge in [0.15, 0.2) is 5.78 Å². The van der Waals surface area contributed by atoms with Gasteiger partial charge < -0.3 is 5.32 Å². The van der Waals surface area contributed by atoms with E-state index in [1.807, 2.05) is 19.1 Å². The molecule has 1 aliphatic heterocycles. The Bertz CT molecular complexity index is 392. The second kappa shape index (κ2) is 4.79. The second-order valence-corrected chi connectivity index (χ2v) is 4.67. The Morgan fingerprint density at radius 1 is 1.44 bits per heavy atom. The molecule has 2 rings (SSSR count). The molecule has 0 saturated carbocycles. The average molecular weight is 217 g/mol. The Morgan fingerprint density at radius 3 is 2.94 bits per heavy atom. The number of carbonyl (C=O) groups is 1. The molecular weight excluding hydrogens is 198 g/mol. The summed E-state index contributed by atoms with van der Waals surface area (Å²) in [4.78, 5) is 12.1. The molecule has 1 atom stereocenters. The van der Waals surface area contributed by atoms with Crippen molar-refractivity contribution in [1.29, 1.82) is 0 Å². The van der Waals surface area contributed by atoms with Gasteiger partial charge in [-0.1, -0.05) is 18.2 Å². The Hall–Kier alpha value is -1.15. The maximum atomic E-state index is 12.1. The fourth-order valence-corrected chi connectivity index (χ4v) is 2.32. The highest BCUT2D eigenvalue weighted by Gasteiger charge is 2.19. The molecule has 1 fully saturated rings. The third kappa shape index (κ3) is 2.33. The molecule has 1 aliphatic rings. The van der Waals surface area contributed by atoms with Gasteiger partial charge in [-0.2, -0.15) is 0 Å². The highest BCUT2D eigenvalue weighted by Crippen LogP contribution is 2.17. The van der Waals surface area contributed by atoms with Crippen LogP contribution in [0.15, 0.2) is 18.2 Å². The lowest BCUT2D eigenvalue weighted by Crippen LogP contribution is -2.24. The molecule has 16 heavy (non-hydrogen) atoms. The van der Waals surface area contributed by atoms with Crippen molar-refractivity contribution in [2.24, 2.45) is 0 Å². The fraction of sp³-hybridized carbons (Fsp3) is 0.500. The van der Waals surface area contributed by atoms with Gasteiger partial charge in [-0.05, 0) is 44.4 Å². The third-order valence-electron chi connectivity index (χ3n) is 3.50. The summed E-state index contributed by atoms with van der Waals surface area (Å²) in [7, 11) is 0. The van der Waals surface area contributed by atoms with Gasteiger partial charge in [-0.3, -0.25) is 4.79 Å². The van der Waals surface area contributed by atoms with E-state index >= 15 is 0 Å². The lowest BCUT2D eigenvalue weighted by Gasteiger charge is -2.11. The van der Waals surface area contributed by atoms with E-state index < -0.39 is 0 Å². The van der Waals surface area contributed by atoms with Gasteiger partial charge in [-0.25, -0.2) is 0 Å². The molecule has 0 aliphatic carbocycles. The third-order valence-corrected chi connectivity index (χ3v) is 3.50. The standard InChI is InChI=1S/C14H19NO/c1-10-5-3-7-13(11(10)2)14(16)9-12-6-4-8-15-12/h3,5,7,12,15H,4,6,8-9H2,1-2H3. The number of rotatable bonds is 3. The largest absolute Gasteiger partial charge is 0.314 e. The molecular formula is C14H19NO. The van der Waals surface area contributed by atoms with Gasteiger partial charge >= 0.3 is 0 Å². The summed E-state index contributed by atoms with van der Waals surface area (Å²) in [5, 5.41) is 3.37. The van der Waals surface area contributed by atoms with Gasteiger partial charge in [-0.15, -0.1) is 0 Å². The van der Waals surface area contributed by atoms with Crippen molar-refractivity contribution in [2.45, 2.75) is 39.2 Å². The number of hydrogen-bond acceptors (Lipinski definition) is 2. The molecule has 1 aromatic carbocycles. The summed E-state index contributed by atoms with van der Waals surface area (Å²) >= 11 is 0. The van der Waals surface area contributed by atoms with Crippen LogP contribution in [-0.2, 0) is 0 Å². The van der Waals surface area contributed by atoms with Crippen molar-refractivity contribution in [3.8, 4) is 0 Å². The molecule has 1 saturated heterocycles. The number of carbonyl (C=O) groups excluding carboxylic acids is 1. The van der Waals surface area contributed by atoms with Crippen molar-refractivity contribution < 1.29 is 4.79 Å². The highest BCUT2D eigenvalue weighted by atomic mass is 16.1. The maximum Gasteiger partial charge on any atom is 0.164 e. The molecule has 0 amide bonds. The van der Waals surface area contributed by atoms with Crippen LogP contribution in [0.1, 0.15) is 40.7 Å². The molecule has 2 heteroatoms. The molecule has 0 spiro atoms. The first kappa shape index (κ1) is 11.3. The molecule has 0 bridgehead atoms. The number of hydrogen-bond donors (Lipinski definition) is 1. The van der Waals surface area contributed by atoms with E-state index in [9.17, 15) is 4.79 Å². The van der Waals surface area contributed by atoms with Gasteiger partial charge in [0.25, 0.3) is 0 Å². The van der Waals surface area contributed by atoms with E-state index in [1.54, 1.807) is 0 Å². The summed E-state index contributed by atoms with van der Waals surface area (Å²) in [5.74, 6) is 0.278. The number of ketones is 1. The minimum atomic E-state index is 0.278. The number of nitrogens with one attached hydrogen (secondary N) is 1. The van der Waals surface area contributed by atoms with E-state index in [-0.39, 0.29) is 5.78 Å². The Morgan fingerprint density at radius 2 is 2.25 bits per heavy atom. The molecule has 1 unspecified atom stereocenters. The monoisotopic (exact) mass is 217 g/mol. The first-order valence-corrected chi connectivity index (χ1v) is 6.01.